The van der Waals surface area contributed by atoms with Gasteiger partial charge in [0.25, 0.3) is 21.8 Å². The number of amides is 2. The molecule has 178 valence electrons. The van der Waals surface area contributed by atoms with E-state index in [9.17, 15) is 18.0 Å². The van der Waals surface area contributed by atoms with Gasteiger partial charge in [0.15, 0.2) is 6.10 Å². The molecule has 34 heavy (non-hydrogen) atoms. The summed E-state index contributed by atoms with van der Waals surface area (Å²) in [5, 5.41) is 0. The van der Waals surface area contributed by atoms with Crippen LogP contribution in [0.15, 0.2) is 77.7 Å². The largest absolute Gasteiger partial charge is 0.497 e. The number of carbonyl (C=O) groups is 2. The Balaban J connectivity index is 1.61. The maximum atomic E-state index is 12.7. The molecule has 3 aromatic carbocycles. The van der Waals surface area contributed by atoms with E-state index in [-0.39, 0.29) is 10.5 Å². The van der Waals surface area contributed by atoms with Gasteiger partial charge in [0.2, 0.25) is 0 Å². The number of rotatable bonds is 8. The number of hydrogen-bond donors (Lipinski definition) is 3. The Bertz CT molecular complexity index is 1280. The molecular weight excluding hydrogens is 458 g/mol. The molecule has 2 amide bonds. The lowest BCUT2D eigenvalue weighted by Gasteiger charge is -2.15. The van der Waals surface area contributed by atoms with Crippen LogP contribution in [0.1, 0.15) is 22.8 Å². The predicted octanol–water partition coefficient (Wildman–Crippen LogP) is 3.03. The second kappa shape index (κ2) is 10.7. The van der Waals surface area contributed by atoms with Crippen molar-refractivity contribution in [3.63, 3.8) is 0 Å². The predicted molar refractivity (Wildman–Crippen MR) is 127 cm³/mol. The Morgan fingerprint density at radius 3 is 2.26 bits per heavy atom. The van der Waals surface area contributed by atoms with Crippen LogP contribution in [0.5, 0.6) is 11.5 Å². The second-order valence-electron chi connectivity index (χ2n) is 7.38. The molecule has 0 radical (unpaired) electrons. The average molecular weight is 484 g/mol. The van der Waals surface area contributed by atoms with E-state index in [2.05, 4.69) is 15.6 Å². The first-order valence-electron chi connectivity index (χ1n) is 10.3. The minimum Gasteiger partial charge on any atom is -0.497 e. The highest BCUT2D eigenvalue weighted by Gasteiger charge is 2.19. The number of carbonyl (C=O) groups excluding carboxylic acids is 2. The highest BCUT2D eigenvalue weighted by atomic mass is 32.2. The molecule has 0 saturated carbocycles. The molecule has 1 atom stereocenters. The lowest BCUT2D eigenvalue weighted by atomic mass is 10.2. The summed E-state index contributed by atoms with van der Waals surface area (Å²) in [7, 11) is -2.44. The zero-order valence-electron chi connectivity index (χ0n) is 18.9. The SMILES string of the molecule is COc1ccc(NS(=O)(=O)c2cccc(C(=O)NNC(=O)C(C)Oc3cccc(C)c3)c2)cc1. The van der Waals surface area contributed by atoms with E-state index in [1.807, 2.05) is 19.1 Å². The number of ether oxygens (including phenoxy) is 2. The molecule has 1 unspecified atom stereocenters. The Labute approximate surface area is 198 Å². The minimum atomic E-state index is -3.95. The summed E-state index contributed by atoms with van der Waals surface area (Å²) in [6.45, 7) is 3.44. The van der Waals surface area contributed by atoms with Crippen LogP contribution in [0.2, 0.25) is 0 Å². The summed E-state index contributed by atoms with van der Waals surface area (Å²) in [5.41, 5.74) is 5.92. The van der Waals surface area contributed by atoms with Crippen molar-refractivity contribution >= 4 is 27.5 Å². The Hall–Kier alpha value is -4.05. The van der Waals surface area contributed by atoms with Gasteiger partial charge in [-0.3, -0.25) is 25.2 Å². The third-order valence-corrected chi connectivity index (χ3v) is 6.10. The van der Waals surface area contributed by atoms with Crippen molar-refractivity contribution in [1.82, 2.24) is 10.9 Å². The van der Waals surface area contributed by atoms with Gasteiger partial charge in [0, 0.05) is 11.3 Å². The molecule has 10 heteroatoms. The van der Waals surface area contributed by atoms with Crippen LogP contribution in [0.25, 0.3) is 0 Å². The molecule has 0 fully saturated rings. The van der Waals surface area contributed by atoms with E-state index < -0.39 is 27.9 Å². The monoisotopic (exact) mass is 483 g/mol. The molecular formula is C24H25N3O6S. The van der Waals surface area contributed by atoms with E-state index in [1.54, 1.807) is 43.3 Å². The molecule has 0 saturated heterocycles. The fraction of sp³-hybridized carbons (Fsp3) is 0.167. The third-order valence-electron chi connectivity index (χ3n) is 4.72. The summed E-state index contributed by atoms with van der Waals surface area (Å²) in [6, 6.07) is 19.0. The first-order chi connectivity index (χ1) is 16.2. The van der Waals surface area contributed by atoms with Crippen LogP contribution < -0.4 is 25.0 Å². The van der Waals surface area contributed by atoms with Crippen molar-refractivity contribution in [2.45, 2.75) is 24.8 Å². The van der Waals surface area contributed by atoms with Gasteiger partial charge in [0.1, 0.15) is 11.5 Å². The van der Waals surface area contributed by atoms with Gasteiger partial charge in [0.05, 0.1) is 12.0 Å². The molecule has 3 N–H and O–H groups in total. The number of nitrogens with one attached hydrogen (secondary N) is 3. The number of hydrogen-bond acceptors (Lipinski definition) is 6. The van der Waals surface area contributed by atoms with Gasteiger partial charge in [-0.2, -0.15) is 0 Å². The zero-order valence-corrected chi connectivity index (χ0v) is 19.7. The number of anilines is 1. The average Bonchev–Trinajstić information content (AvgIpc) is 2.82. The maximum Gasteiger partial charge on any atom is 0.279 e. The van der Waals surface area contributed by atoms with Crippen molar-refractivity contribution in [1.29, 1.82) is 0 Å². The van der Waals surface area contributed by atoms with Crippen LogP contribution in [0.4, 0.5) is 5.69 Å². The van der Waals surface area contributed by atoms with Crippen molar-refractivity contribution in [3.05, 3.63) is 83.9 Å². The van der Waals surface area contributed by atoms with Crippen LogP contribution >= 0.6 is 0 Å². The van der Waals surface area contributed by atoms with Crippen molar-refractivity contribution in [2.24, 2.45) is 0 Å². The summed E-state index contributed by atoms with van der Waals surface area (Å²) < 4.78 is 38.5. The molecule has 0 spiro atoms. The van der Waals surface area contributed by atoms with Crippen LogP contribution in [0, 0.1) is 6.92 Å². The number of sulfonamides is 1. The van der Waals surface area contributed by atoms with E-state index in [1.165, 1.54) is 31.4 Å². The molecule has 3 rings (SSSR count). The van der Waals surface area contributed by atoms with Crippen LogP contribution in [0.3, 0.4) is 0 Å². The van der Waals surface area contributed by atoms with Gasteiger partial charge < -0.3 is 9.47 Å². The van der Waals surface area contributed by atoms with Crippen molar-refractivity contribution in [2.75, 3.05) is 11.8 Å². The highest BCUT2D eigenvalue weighted by molar-refractivity contribution is 7.92. The van der Waals surface area contributed by atoms with Gasteiger partial charge in [-0.1, -0.05) is 18.2 Å². The first kappa shape index (κ1) is 24.6. The molecule has 0 bridgehead atoms. The van der Waals surface area contributed by atoms with Gasteiger partial charge >= 0.3 is 0 Å². The summed E-state index contributed by atoms with van der Waals surface area (Å²) in [6.07, 6.45) is -0.873. The topological polar surface area (TPSA) is 123 Å². The molecule has 0 aromatic heterocycles. The summed E-state index contributed by atoms with van der Waals surface area (Å²) in [4.78, 5) is 24.7. The van der Waals surface area contributed by atoms with Crippen molar-refractivity contribution < 1.29 is 27.5 Å². The fourth-order valence-corrected chi connectivity index (χ4v) is 4.02. The minimum absolute atomic E-state index is 0.0464. The lowest BCUT2D eigenvalue weighted by molar-refractivity contribution is -0.128. The Morgan fingerprint density at radius 2 is 1.59 bits per heavy atom. The Kier molecular flexibility index (Phi) is 7.75. The number of aryl methyl sites for hydroxylation is 1. The number of hydrazine groups is 1. The highest BCUT2D eigenvalue weighted by Crippen LogP contribution is 2.20. The maximum absolute atomic E-state index is 12.7. The van der Waals surface area contributed by atoms with E-state index >= 15 is 0 Å². The zero-order chi connectivity index (χ0) is 24.7. The third kappa shape index (κ3) is 6.48. The van der Waals surface area contributed by atoms with E-state index in [0.29, 0.717) is 17.2 Å². The molecule has 3 aromatic rings. The summed E-state index contributed by atoms with van der Waals surface area (Å²) in [5.74, 6) is -0.143. The first-order valence-corrected chi connectivity index (χ1v) is 11.8. The smallest absolute Gasteiger partial charge is 0.279 e. The number of methoxy groups -OCH3 is 1. The van der Waals surface area contributed by atoms with E-state index in [4.69, 9.17) is 9.47 Å². The second-order valence-corrected chi connectivity index (χ2v) is 9.06. The van der Waals surface area contributed by atoms with Crippen LogP contribution in [-0.4, -0.2) is 33.4 Å². The standard InChI is InChI=1S/C24H25N3O6S/c1-16-6-4-8-21(14-16)33-17(2)23(28)25-26-24(29)18-7-5-9-22(15-18)34(30,31)27-19-10-12-20(32-3)13-11-19/h4-15,17,27H,1-3H3,(H,25,28)(H,26,29). The molecule has 0 aliphatic carbocycles. The fourth-order valence-electron chi connectivity index (χ4n) is 2.92. The molecule has 0 aliphatic heterocycles. The van der Waals surface area contributed by atoms with Crippen LogP contribution in [-0.2, 0) is 14.8 Å². The molecule has 0 aliphatic rings. The lowest BCUT2D eigenvalue weighted by Crippen LogP contribution is -2.47. The van der Waals surface area contributed by atoms with Gasteiger partial charge in [-0.05, 0) is 74.0 Å². The van der Waals surface area contributed by atoms with Crippen molar-refractivity contribution in [3.8, 4) is 11.5 Å². The number of benzene rings is 3. The molecule has 9 nitrogen and oxygen atoms in total. The van der Waals surface area contributed by atoms with Gasteiger partial charge in [-0.15, -0.1) is 0 Å². The normalized spacial score (nSPS) is 11.7. The quantitative estimate of drug-likeness (QED) is 0.423. The van der Waals surface area contributed by atoms with Gasteiger partial charge in [-0.25, -0.2) is 8.42 Å². The summed E-state index contributed by atoms with van der Waals surface area (Å²) >= 11 is 0. The van der Waals surface area contributed by atoms with E-state index in [0.717, 1.165) is 5.56 Å². The molecule has 0 heterocycles. The Morgan fingerprint density at radius 1 is 0.882 bits per heavy atom.